The summed E-state index contributed by atoms with van der Waals surface area (Å²) in [5.41, 5.74) is 5.21. The summed E-state index contributed by atoms with van der Waals surface area (Å²) in [6.45, 7) is 20.9. The van der Waals surface area contributed by atoms with E-state index in [2.05, 4.69) is 38.8 Å². The standard InChI is InChI=1S/C23H34FN/c1-9-11-18(5)22(10-2)19(6)25(17(3)4)16-20-12-14-21(15-13-20)23(7,8)24/h12-15H,3,6,9-11,16H2,1-2,4-5,7-8H3/b22-18+. The highest BCUT2D eigenvalue weighted by Gasteiger charge is 2.19. The minimum absolute atomic E-state index is 0.698. The lowest BCUT2D eigenvalue weighted by molar-refractivity contribution is 0.221. The van der Waals surface area contributed by atoms with Gasteiger partial charge in [-0.2, -0.15) is 0 Å². The molecule has 0 aromatic heterocycles. The van der Waals surface area contributed by atoms with E-state index in [-0.39, 0.29) is 0 Å². The van der Waals surface area contributed by atoms with Crippen molar-refractivity contribution < 1.29 is 4.39 Å². The van der Waals surface area contributed by atoms with Crippen LogP contribution in [0.5, 0.6) is 0 Å². The van der Waals surface area contributed by atoms with Crippen LogP contribution in [0.1, 0.15) is 71.9 Å². The van der Waals surface area contributed by atoms with Crippen LogP contribution >= 0.6 is 0 Å². The lowest BCUT2D eigenvalue weighted by Gasteiger charge is -2.29. The number of benzene rings is 1. The van der Waals surface area contributed by atoms with E-state index in [1.54, 1.807) is 13.8 Å². The van der Waals surface area contributed by atoms with Gasteiger partial charge in [0, 0.05) is 17.9 Å². The Balaban J connectivity index is 3.07. The molecule has 2 heteroatoms. The van der Waals surface area contributed by atoms with Crippen molar-refractivity contribution in [2.75, 3.05) is 0 Å². The molecule has 0 saturated heterocycles. The number of alkyl halides is 1. The summed E-state index contributed by atoms with van der Waals surface area (Å²) in [5, 5.41) is 0. The molecule has 1 nitrogen and oxygen atoms in total. The molecule has 25 heavy (non-hydrogen) atoms. The molecule has 0 heterocycles. The molecule has 138 valence electrons. The second kappa shape index (κ2) is 9.03. The Morgan fingerprint density at radius 3 is 2.04 bits per heavy atom. The molecule has 1 aromatic carbocycles. The predicted octanol–water partition coefficient (Wildman–Crippen LogP) is 7.27. The van der Waals surface area contributed by atoms with Crippen LogP contribution in [0, 0.1) is 0 Å². The Morgan fingerprint density at radius 2 is 1.64 bits per heavy atom. The molecular weight excluding hydrogens is 309 g/mol. The number of rotatable bonds is 9. The van der Waals surface area contributed by atoms with Gasteiger partial charge in [-0.1, -0.05) is 63.3 Å². The minimum atomic E-state index is -1.31. The molecular formula is C23H34FN. The summed E-state index contributed by atoms with van der Waals surface area (Å²) in [6.07, 6.45) is 3.19. The average Bonchev–Trinajstić information content (AvgIpc) is 2.52. The third-order valence-corrected chi connectivity index (χ3v) is 4.61. The van der Waals surface area contributed by atoms with Gasteiger partial charge in [-0.05, 0) is 57.2 Å². The summed E-state index contributed by atoms with van der Waals surface area (Å²) >= 11 is 0. The SMILES string of the molecule is C=C(C)N(Cc1ccc(C(C)(C)F)cc1)C(=C)/C(CC)=C(\C)CCC. The highest BCUT2D eigenvalue weighted by Crippen LogP contribution is 2.28. The van der Waals surface area contributed by atoms with Gasteiger partial charge in [0.25, 0.3) is 0 Å². The molecule has 0 N–H and O–H groups in total. The summed E-state index contributed by atoms with van der Waals surface area (Å²) in [7, 11) is 0. The number of halogens is 1. The Hall–Kier alpha value is -1.83. The van der Waals surface area contributed by atoms with E-state index in [1.165, 1.54) is 11.1 Å². The molecule has 0 spiro atoms. The Morgan fingerprint density at radius 1 is 1.08 bits per heavy atom. The zero-order valence-corrected chi connectivity index (χ0v) is 16.9. The quantitative estimate of drug-likeness (QED) is 0.426. The van der Waals surface area contributed by atoms with Crippen LogP contribution in [0.15, 0.2) is 60.0 Å². The second-order valence-corrected chi connectivity index (χ2v) is 7.30. The third-order valence-electron chi connectivity index (χ3n) is 4.61. The molecule has 0 unspecified atom stereocenters. The lowest BCUT2D eigenvalue weighted by atomic mass is 9.97. The van der Waals surface area contributed by atoms with Crippen molar-refractivity contribution in [3.8, 4) is 0 Å². The molecule has 0 fully saturated rings. The fourth-order valence-corrected chi connectivity index (χ4v) is 3.09. The van der Waals surface area contributed by atoms with Crippen LogP contribution < -0.4 is 0 Å². The molecule has 0 atom stereocenters. The summed E-state index contributed by atoms with van der Waals surface area (Å²) in [5.74, 6) is 0. The van der Waals surface area contributed by atoms with Crippen LogP contribution in [-0.4, -0.2) is 4.90 Å². The Labute approximate surface area is 153 Å². The van der Waals surface area contributed by atoms with Crippen LogP contribution in [0.25, 0.3) is 0 Å². The third kappa shape index (κ3) is 5.88. The van der Waals surface area contributed by atoms with Crippen molar-refractivity contribution in [3.05, 3.63) is 71.1 Å². The summed E-state index contributed by atoms with van der Waals surface area (Å²) in [4.78, 5) is 2.16. The number of hydrogen-bond donors (Lipinski definition) is 0. The molecule has 0 bridgehead atoms. The minimum Gasteiger partial charge on any atom is -0.342 e. The van der Waals surface area contributed by atoms with Crippen LogP contribution in [0.2, 0.25) is 0 Å². The first-order valence-electron chi connectivity index (χ1n) is 9.21. The second-order valence-electron chi connectivity index (χ2n) is 7.30. The smallest absolute Gasteiger partial charge is 0.130 e. The zero-order valence-electron chi connectivity index (χ0n) is 16.9. The summed E-state index contributed by atoms with van der Waals surface area (Å²) in [6, 6.07) is 7.73. The van der Waals surface area contributed by atoms with Gasteiger partial charge in [0.1, 0.15) is 5.67 Å². The monoisotopic (exact) mass is 343 g/mol. The summed E-state index contributed by atoms with van der Waals surface area (Å²) < 4.78 is 14.0. The molecule has 0 aliphatic rings. The topological polar surface area (TPSA) is 3.24 Å². The zero-order chi connectivity index (χ0) is 19.2. The first-order valence-corrected chi connectivity index (χ1v) is 9.21. The fourth-order valence-electron chi connectivity index (χ4n) is 3.09. The molecule has 0 radical (unpaired) electrons. The molecule has 1 aromatic rings. The van der Waals surface area contributed by atoms with Crippen molar-refractivity contribution in [2.24, 2.45) is 0 Å². The van der Waals surface area contributed by atoms with Crippen molar-refractivity contribution >= 4 is 0 Å². The molecule has 0 aliphatic heterocycles. The van der Waals surface area contributed by atoms with Gasteiger partial charge < -0.3 is 4.90 Å². The highest BCUT2D eigenvalue weighted by molar-refractivity contribution is 5.35. The van der Waals surface area contributed by atoms with E-state index < -0.39 is 5.67 Å². The van der Waals surface area contributed by atoms with E-state index in [0.29, 0.717) is 12.1 Å². The van der Waals surface area contributed by atoms with E-state index in [9.17, 15) is 4.39 Å². The predicted molar refractivity (Wildman–Crippen MR) is 108 cm³/mol. The average molecular weight is 344 g/mol. The van der Waals surface area contributed by atoms with Crippen LogP contribution in [-0.2, 0) is 12.2 Å². The van der Waals surface area contributed by atoms with Crippen molar-refractivity contribution in [3.63, 3.8) is 0 Å². The molecule has 0 amide bonds. The van der Waals surface area contributed by atoms with Crippen molar-refractivity contribution in [1.29, 1.82) is 0 Å². The van der Waals surface area contributed by atoms with E-state index in [4.69, 9.17) is 0 Å². The molecule has 0 saturated carbocycles. The van der Waals surface area contributed by atoms with E-state index in [1.807, 2.05) is 31.2 Å². The van der Waals surface area contributed by atoms with Gasteiger partial charge in [-0.25, -0.2) is 4.39 Å². The maximum Gasteiger partial charge on any atom is 0.130 e. The number of hydrogen-bond acceptors (Lipinski definition) is 1. The fraction of sp³-hybridized carbons (Fsp3) is 0.478. The van der Waals surface area contributed by atoms with Gasteiger partial charge in [0.05, 0.1) is 0 Å². The van der Waals surface area contributed by atoms with Crippen molar-refractivity contribution in [1.82, 2.24) is 4.90 Å². The maximum atomic E-state index is 14.0. The van der Waals surface area contributed by atoms with Gasteiger partial charge >= 0.3 is 0 Å². The molecule has 1 rings (SSSR count). The van der Waals surface area contributed by atoms with Crippen LogP contribution in [0.3, 0.4) is 0 Å². The highest BCUT2D eigenvalue weighted by atomic mass is 19.1. The number of allylic oxidation sites excluding steroid dienone is 3. The largest absolute Gasteiger partial charge is 0.342 e. The Bertz CT molecular complexity index is 629. The number of nitrogens with zero attached hydrogens (tertiary/aromatic N) is 1. The first kappa shape index (κ1) is 21.2. The van der Waals surface area contributed by atoms with E-state index in [0.717, 1.165) is 36.2 Å². The lowest BCUT2D eigenvalue weighted by Crippen LogP contribution is -2.21. The van der Waals surface area contributed by atoms with Crippen molar-refractivity contribution in [2.45, 2.75) is 73.0 Å². The Kier molecular flexibility index (Phi) is 7.66. The van der Waals surface area contributed by atoms with E-state index >= 15 is 0 Å². The van der Waals surface area contributed by atoms with Gasteiger partial charge in [-0.3, -0.25) is 0 Å². The van der Waals surface area contributed by atoms with Gasteiger partial charge in [0.2, 0.25) is 0 Å². The maximum absolute atomic E-state index is 14.0. The van der Waals surface area contributed by atoms with Crippen LogP contribution in [0.4, 0.5) is 4.39 Å². The van der Waals surface area contributed by atoms with Gasteiger partial charge in [0.15, 0.2) is 0 Å². The normalized spacial score (nSPS) is 12.6. The van der Waals surface area contributed by atoms with Gasteiger partial charge in [-0.15, -0.1) is 0 Å². The molecule has 0 aliphatic carbocycles. The first-order chi connectivity index (χ1) is 11.6.